The van der Waals surface area contributed by atoms with Gasteiger partial charge >= 0.3 is 0 Å². The lowest BCUT2D eigenvalue weighted by Crippen LogP contribution is -1.92. The van der Waals surface area contributed by atoms with Gasteiger partial charge in [-0.05, 0) is 48.4 Å². The van der Waals surface area contributed by atoms with Gasteiger partial charge in [0.1, 0.15) is 5.75 Å². The van der Waals surface area contributed by atoms with Crippen molar-refractivity contribution in [3.05, 3.63) is 65.0 Å². The molecule has 0 aliphatic rings. The van der Waals surface area contributed by atoms with E-state index in [4.69, 9.17) is 20.9 Å². The van der Waals surface area contributed by atoms with E-state index in [2.05, 4.69) is 10.1 Å². The second kappa shape index (κ2) is 6.62. The number of rotatable bonds is 5. The summed E-state index contributed by atoms with van der Waals surface area (Å²) < 4.78 is 10.4. The van der Waals surface area contributed by atoms with E-state index in [1.807, 2.05) is 48.5 Å². The molecular formula is C17H15ClN2O2. The van der Waals surface area contributed by atoms with Gasteiger partial charge in [0.05, 0.1) is 7.11 Å². The molecule has 0 unspecified atom stereocenters. The largest absolute Gasteiger partial charge is 0.497 e. The molecule has 0 atom stereocenters. The molecule has 0 aliphatic heterocycles. The van der Waals surface area contributed by atoms with E-state index in [0.717, 1.165) is 17.7 Å². The van der Waals surface area contributed by atoms with Crippen LogP contribution in [0.5, 0.6) is 5.75 Å². The number of hydrogen-bond donors (Lipinski definition) is 0. The molecule has 3 rings (SSSR count). The molecule has 3 aromatic rings. The van der Waals surface area contributed by atoms with E-state index in [-0.39, 0.29) is 0 Å². The van der Waals surface area contributed by atoms with E-state index in [9.17, 15) is 0 Å². The second-order valence-corrected chi connectivity index (χ2v) is 5.30. The smallest absolute Gasteiger partial charge is 0.227 e. The fraction of sp³-hybridized carbons (Fsp3) is 0.176. The molecule has 0 aliphatic carbocycles. The molecule has 5 heteroatoms. The van der Waals surface area contributed by atoms with Gasteiger partial charge in [0.2, 0.25) is 11.7 Å². The number of nitrogens with zero attached hydrogens (tertiary/aromatic N) is 2. The fourth-order valence-corrected chi connectivity index (χ4v) is 2.24. The van der Waals surface area contributed by atoms with Gasteiger partial charge in [0, 0.05) is 17.0 Å². The van der Waals surface area contributed by atoms with Crippen LogP contribution < -0.4 is 4.74 Å². The molecule has 2 aromatic carbocycles. The summed E-state index contributed by atoms with van der Waals surface area (Å²) in [5.74, 6) is 2.06. The van der Waals surface area contributed by atoms with Crippen LogP contribution in [0.15, 0.2) is 53.1 Å². The average molecular weight is 315 g/mol. The highest BCUT2D eigenvalue weighted by molar-refractivity contribution is 6.30. The van der Waals surface area contributed by atoms with Gasteiger partial charge in [-0.3, -0.25) is 0 Å². The normalized spacial score (nSPS) is 10.6. The fourth-order valence-electron chi connectivity index (χ4n) is 2.12. The topological polar surface area (TPSA) is 48.2 Å². The molecule has 0 spiro atoms. The van der Waals surface area contributed by atoms with Crippen molar-refractivity contribution in [3.63, 3.8) is 0 Å². The molecular weight excluding hydrogens is 300 g/mol. The monoisotopic (exact) mass is 314 g/mol. The van der Waals surface area contributed by atoms with Crippen LogP contribution in [0.25, 0.3) is 11.4 Å². The Labute approximate surface area is 133 Å². The van der Waals surface area contributed by atoms with E-state index in [1.165, 1.54) is 5.56 Å². The predicted molar refractivity (Wildman–Crippen MR) is 85.1 cm³/mol. The number of halogens is 1. The van der Waals surface area contributed by atoms with E-state index < -0.39 is 0 Å². The number of hydrogen-bond acceptors (Lipinski definition) is 4. The summed E-state index contributed by atoms with van der Waals surface area (Å²) in [4.78, 5) is 4.41. The molecule has 0 radical (unpaired) electrons. The Morgan fingerprint density at radius 1 is 1.00 bits per heavy atom. The van der Waals surface area contributed by atoms with Gasteiger partial charge < -0.3 is 9.26 Å². The quantitative estimate of drug-likeness (QED) is 0.708. The molecule has 1 heterocycles. The molecule has 0 N–H and O–H groups in total. The van der Waals surface area contributed by atoms with E-state index >= 15 is 0 Å². The van der Waals surface area contributed by atoms with Gasteiger partial charge in [-0.15, -0.1) is 0 Å². The maximum atomic E-state index is 5.87. The average Bonchev–Trinajstić information content (AvgIpc) is 3.03. The maximum Gasteiger partial charge on any atom is 0.227 e. The zero-order valence-electron chi connectivity index (χ0n) is 12.1. The number of ether oxygens (including phenoxy) is 1. The van der Waals surface area contributed by atoms with Crippen LogP contribution in [0.4, 0.5) is 0 Å². The molecule has 0 fully saturated rings. The van der Waals surface area contributed by atoms with Crippen LogP contribution in [0.1, 0.15) is 11.5 Å². The first-order valence-electron chi connectivity index (χ1n) is 6.96. The van der Waals surface area contributed by atoms with Gasteiger partial charge in [-0.1, -0.05) is 28.9 Å². The van der Waals surface area contributed by atoms with Crippen LogP contribution in [0.2, 0.25) is 5.02 Å². The molecule has 22 heavy (non-hydrogen) atoms. The summed E-state index contributed by atoms with van der Waals surface area (Å²) in [6, 6.07) is 15.3. The lowest BCUT2D eigenvalue weighted by molar-refractivity contribution is 0.379. The van der Waals surface area contributed by atoms with Crippen LogP contribution in [0, 0.1) is 0 Å². The molecule has 4 nitrogen and oxygen atoms in total. The third kappa shape index (κ3) is 3.46. The van der Waals surface area contributed by atoms with Crippen LogP contribution >= 0.6 is 11.6 Å². The van der Waals surface area contributed by atoms with Crippen LogP contribution in [-0.4, -0.2) is 17.3 Å². The van der Waals surface area contributed by atoms with E-state index in [0.29, 0.717) is 23.2 Å². The SMILES string of the molecule is COc1ccc(CCc2nc(-c3ccc(Cl)cc3)no2)cc1. The molecule has 112 valence electrons. The number of aromatic nitrogens is 2. The molecule has 0 saturated heterocycles. The molecule has 0 saturated carbocycles. The van der Waals surface area contributed by atoms with Crippen molar-refractivity contribution in [1.29, 1.82) is 0 Å². The summed E-state index contributed by atoms with van der Waals surface area (Å²) >= 11 is 5.87. The van der Waals surface area contributed by atoms with Gasteiger partial charge in [0.15, 0.2) is 0 Å². The molecule has 0 bridgehead atoms. The molecule has 1 aromatic heterocycles. The Kier molecular flexibility index (Phi) is 4.39. The van der Waals surface area contributed by atoms with Crippen molar-refractivity contribution in [2.75, 3.05) is 7.11 Å². The van der Waals surface area contributed by atoms with Gasteiger partial charge in [-0.25, -0.2) is 0 Å². The minimum atomic E-state index is 0.585. The van der Waals surface area contributed by atoms with Crippen LogP contribution in [0.3, 0.4) is 0 Å². The minimum absolute atomic E-state index is 0.585. The third-order valence-electron chi connectivity index (χ3n) is 3.36. The van der Waals surface area contributed by atoms with Crippen molar-refractivity contribution >= 4 is 11.6 Å². The van der Waals surface area contributed by atoms with Crippen molar-refractivity contribution in [2.45, 2.75) is 12.8 Å². The second-order valence-electron chi connectivity index (χ2n) is 4.87. The maximum absolute atomic E-state index is 5.87. The summed E-state index contributed by atoms with van der Waals surface area (Å²) in [5.41, 5.74) is 2.09. The Morgan fingerprint density at radius 2 is 1.73 bits per heavy atom. The van der Waals surface area contributed by atoms with Crippen molar-refractivity contribution in [2.24, 2.45) is 0 Å². The first-order valence-corrected chi connectivity index (χ1v) is 7.34. The zero-order valence-corrected chi connectivity index (χ0v) is 12.9. The van der Waals surface area contributed by atoms with Crippen molar-refractivity contribution in [3.8, 4) is 17.1 Å². The first-order chi connectivity index (χ1) is 10.7. The lowest BCUT2D eigenvalue weighted by Gasteiger charge is -2.01. The highest BCUT2D eigenvalue weighted by Gasteiger charge is 2.08. The predicted octanol–water partition coefficient (Wildman–Crippen LogP) is 4.18. The summed E-state index contributed by atoms with van der Waals surface area (Å²) in [5, 5.41) is 4.69. The highest BCUT2D eigenvalue weighted by atomic mass is 35.5. The Hall–Kier alpha value is -2.33. The van der Waals surface area contributed by atoms with Crippen molar-refractivity contribution in [1.82, 2.24) is 10.1 Å². The number of methoxy groups -OCH3 is 1. The number of aryl methyl sites for hydroxylation is 2. The number of benzene rings is 2. The summed E-state index contributed by atoms with van der Waals surface area (Å²) in [6.07, 6.45) is 1.54. The third-order valence-corrected chi connectivity index (χ3v) is 3.61. The Morgan fingerprint density at radius 3 is 2.41 bits per heavy atom. The summed E-state index contributed by atoms with van der Waals surface area (Å²) in [6.45, 7) is 0. The van der Waals surface area contributed by atoms with E-state index in [1.54, 1.807) is 7.11 Å². The van der Waals surface area contributed by atoms with Crippen LogP contribution in [-0.2, 0) is 12.8 Å². The Balaban J connectivity index is 1.65. The zero-order chi connectivity index (χ0) is 15.4. The first kappa shape index (κ1) is 14.6. The summed E-state index contributed by atoms with van der Waals surface area (Å²) in [7, 11) is 1.66. The van der Waals surface area contributed by atoms with Gasteiger partial charge in [-0.2, -0.15) is 4.98 Å². The Bertz CT molecular complexity index is 736. The lowest BCUT2D eigenvalue weighted by atomic mass is 10.1. The molecule has 0 amide bonds. The standard InChI is InChI=1S/C17H15ClN2O2/c1-21-15-9-2-12(3-10-15)4-11-16-19-17(20-22-16)13-5-7-14(18)8-6-13/h2-3,5-10H,4,11H2,1H3. The minimum Gasteiger partial charge on any atom is -0.497 e. The highest BCUT2D eigenvalue weighted by Crippen LogP contribution is 2.19. The van der Waals surface area contributed by atoms with Crippen molar-refractivity contribution < 1.29 is 9.26 Å². The van der Waals surface area contributed by atoms with Gasteiger partial charge in [0.25, 0.3) is 0 Å².